The second-order valence-electron chi connectivity index (χ2n) is 6.38. The molecule has 0 unspecified atom stereocenters. The lowest BCUT2D eigenvalue weighted by atomic mass is 9.67. The third kappa shape index (κ3) is 3.59. The number of carbonyl (C=O) groups excluding carboxylic acids is 1. The van der Waals surface area contributed by atoms with E-state index in [-0.39, 0.29) is 22.6 Å². The fourth-order valence-electron chi connectivity index (χ4n) is 3.23. The Morgan fingerprint density at radius 3 is 2.89 bits per heavy atom. The monoisotopic (exact) mass is 306 g/mol. The third-order valence-electron chi connectivity index (χ3n) is 4.72. The highest BCUT2D eigenvalue weighted by atomic mass is 35.5. The number of hydrogen-bond donors (Lipinski definition) is 2. The molecule has 1 amide bonds. The number of carbonyl (C=O) groups is 1. The average Bonchev–Trinajstić information content (AvgIpc) is 2.81. The van der Waals surface area contributed by atoms with Gasteiger partial charge < -0.3 is 10.6 Å². The number of rotatable bonds is 4. The van der Waals surface area contributed by atoms with Gasteiger partial charge in [0.1, 0.15) is 0 Å². The number of hydrogen-bond acceptors (Lipinski definition) is 3. The van der Waals surface area contributed by atoms with E-state index in [2.05, 4.69) is 30.7 Å². The molecular formula is C14H27ClN2OS. The lowest BCUT2D eigenvalue weighted by Crippen LogP contribution is -2.50. The largest absolute Gasteiger partial charge is 0.354 e. The number of fused-ring (bicyclic) bond motifs is 1. The van der Waals surface area contributed by atoms with Crippen molar-refractivity contribution in [3.05, 3.63) is 0 Å². The van der Waals surface area contributed by atoms with Crippen molar-refractivity contribution in [2.75, 3.05) is 25.9 Å². The van der Waals surface area contributed by atoms with Crippen LogP contribution >= 0.6 is 24.2 Å². The fraction of sp³-hybridized carbons (Fsp3) is 0.929. The van der Waals surface area contributed by atoms with E-state index in [0.717, 1.165) is 26.1 Å². The predicted octanol–water partition coefficient (Wildman–Crippen LogP) is 2.45. The Hall–Kier alpha value is 0.0700. The molecule has 3 nitrogen and oxygen atoms in total. The molecule has 2 rings (SSSR count). The van der Waals surface area contributed by atoms with Gasteiger partial charge in [-0.2, -0.15) is 11.8 Å². The van der Waals surface area contributed by atoms with E-state index in [9.17, 15) is 4.79 Å². The van der Waals surface area contributed by atoms with Crippen molar-refractivity contribution >= 4 is 30.1 Å². The van der Waals surface area contributed by atoms with Gasteiger partial charge in [0, 0.05) is 17.8 Å². The van der Waals surface area contributed by atoms with Crippen LogP contribution in [-0.4, -0.2) is 36.5 Å². The lowest BCUT2D eigenvalue weighted by molar-refractivity contribution is -0.134. The van der Waals surface area contributed by atoms with Gasteiger partial charge in [0.05, 0.1) is 5.41 Å². The summed E-state index contributed by atoms with van der Waals surface area (Å²) in [5.74, 6) is 0.850. The van der Waals surface area contributed by atoms with Gasteiger partial charge in [0.2, 0.25) is 5.91 Å². The van der Waals surface area contributed by atoms with E-state index in [0.29, 0.717) is 11.8 Å². The van der Waals surface area contributed by atoms with Crippen LogP contribution in [0.4, 0.5) is 0 Å². The lowest BCUT2D eigenvalue weighted by Gasteiger charge is -2.38. The third-order valence-corrected chi connectivity index (χ3v) is 5.97. The first-order valence-corrected chi connectivity index (χ1v) is 8.27. The first-order chi connectivity index (χ1) is 8.50. The Balaban J connectivity index is 0.00000180. The normalized spacial score (nSPS) is 30.4. The van der Waals surface area contributed by atoms with Crippen LogP contribution in [0.3, 0.4) is 0 Å². The van der Waals surface area contributed by atoms with E-state index in [1.165, 1.54) is 19.3 Å². The smallest absolute Gasteiger partial charge is 0.227 e. The zero-order valence-electron chi connectivity index (χ0n) is 12.3. The second kappa shape index (κ2) is 6.68. The number of nitrogens with one attached hydrogen (secondary N) is 2. The molecule has 0 spiro atoms. The highest BCUT2D eigenvalue weighted by molar-refractivity contribution is 7.99. The minimum Gasteiger partial charge on any atom is -0.354 e. The SMILES string of the molecule is CSC(C)(C)CNC(=O)[C@@]12CCCC[C@H]1CNC2.Cl. The number of halogens is 1. The zero-order chi connectivity index (χ0) is 13.2. The van der Waals surface area contributed by atoms with Crippen molar-refractivity contribution in [2.45, 2.75) is 44.3 Å². The van der Waals surface area contributed by atoms with Crippen molar-refractivity contribution in [3.8, 4) is 0 Å². The first-order valence-electron chi connectivity index (χ1n) is 7.04. The molecule has 0 aromatic rings. The maximum absolute atomic E-state index is 12.6. The van der Waals surface area contributed by atoms with E-state index in [4.69, 9.17) is 0 Å². The summed E-state index contributed by atoms with van der Waals surface area (Å²) in [6.45, 7) is 7.03. The summed E-state index contributed by atoms with van der Waals surface area (Å²) >= 11 is 1.81. The van der Waals surface area contributed by atoms with Crippen LogP contribution in [0, 0.1) is 11.3 Å². The summed E-state index contributed by atoms with van der Waals surface area (Å²) in [6, 6.07) is 0. The number of amides is 1. The summed E-state index contributed by atoms with van der Waals surface area (Å²) in [7, 11) is 0. The molecule has 19 heavy (non-hydrogen) atoms. The molecule has 0 bridgehead atoms. The van der Waals surface area contributed by atoms with Crippen LogP contribution in [-0.2, 0) is 4.79 Å². The van der Waals surface area contributed by atoms with E-state index < -0.39 is 0 Å². The molecule has 0 aromatic heterocycles. The van der Waals surface area contributed by atoms with Crippen LogP contribution in [0.5, 0.6) is 0 Å². The molecule has 5 heteroatoms. The minimum atomic E-state index is -0.104. The van der Waals surface area contributed by atoms with Crippen molar-refractivity contribution < 1.29 is 4.79 Å². The van der Waals surface area contributed by atoms with E-state index >= 15 is 0 Å². The van der Waals surface area contributed by atoms with E-state index in [1.54, 1.807) is 0 Å². The van der Waals surface area contributed by atoms with Gasteiger partial charge in [-0.25, -0.2) is 0 Å². The molecule has 2 atom stereocenters. The van der Waals surface area contributed by atoms with Gasteiger partial charge in [-0.15, -0.1) is 12.4 Å². The topological polar surface area (TPSA) is 41.1 Å². The zero-order valence-corrected chi connectivity index (χ0v) is 13.9. The second-order valence-corrected chi connectivity index (χ2v) is 7.89. The summed E-state index contributed by atoms with van der Waals surface area (Å²) < 4.78 is 0.127. The molecule has 2 N–H and O–H groups in total. The Morgan fingerprint density at radius 2 is 2.21 bits per heavy atom. The molecule has 1 saturated heterocycles. The summed E-state index contributed by atoms with van der Waals surface area (Å²) in [5.41, 5.74) is -0.104. The first kappa shape index (κ1) is 17.1. The minimum absolute atomic E-state index is 0. The van der Waals surface area contributed by atoms with Crippen molar-refractivity contribution in [2.24, 2.45) is 11.3 Å². The molecule has 112 valence electrons. The fourth-order valence-corrected chi connectivity index (χ4v) is 3.45. The van der Waals surface area contributed by atoms with Crippen LogP contribution in [0.25, 0.3) is 0 Å². The van der Waals surface area contributed by atoms with Crippen molar-refractivity contribution in [1.82, 2.24) is 10.6 Å². The van der Waals surface area contributed by atoms with Gasteiger partial charge in [-0.05, 0) is 45.4 Å². The maximum atomic E-state index is 12.6. The highest BCUT2D eigenvalue weighted by Gasteiger charge is 2.49. The summed E-state index contributed by atoms with van der Waals surface area (Å²) in [5, 5.41) is 6.64. The molecule has 2 fully saturated rings. The molecule has 1 aliphatic heterocycles. The molecular weight excluding hydrogens is 280 g/mol. The van der Waals surface area contributed by atoms with Gasteiger partial charge in [-0.3, -0.25) is 4.79 Å². The van der Waals surface area contributed by atoms with Crippen LogP contribution in [0.2, 0.25) is 0 Å². The maximum Gasteiger partial charge on any atom is 0.227 e. The molecule has 1 aliphatic carbocycles. The highest BCUT2D eigenvalue weighted by Crippen LogP contribution is 2.43. The number of thioether (sulfide) groups is 1. The quantitative estimate of drug-likeness (QED) is 0.838. The standard InChI is InChI=1S/C14H26N2OS.ClH/c1-13(2,18-3)9-16-12(17)14-7-5-4-6-11(14)8-15-10-14;/h11,15H,4-10H2,1-3H3,(H,16,17);1H/t11-,14+;/m0./s1. The van der Waals surface area contributed by atoms with Gasteiger partial charge >= 0.3 is 0 Å². The van der Waals surface area contributed by atoms with Crippen LogP contribution in [0.15, 0.2) is 0 Å². The van der Waals surface area contributed by atoms with Gasteiger partial charge in [0.25, 0.3) is 0 Å². The van der Waals surface area contributed by atoms with Gasteiger partial charge in [-0.1, -0.05) is 12.8 Å². The van der Waals surface area contributed by atoms with Crippen LogP contribution in [0.1, 0.15) is 39.5 Å². The molecule has 1 heterocycles. The summed E-state index contributed by atoms with van der Waals surface area (Å²) in [6.07, 6.45) is 6.88. The molecule has 1 saturated carbocycles. The van der Waals surface area contributed by atoms with E-state index in [1.807, 2.05) is 11.8 Å². The summed E-state index contributed by atoms with van der Waals surface area (Å²) in [4.78, 5) is 12.6. The molecule has 0 aromatic carbocycles. The Morgan fingerprint density at radius 1 is 1.47 bits per heavy atom. The van der Waals surface area contributed by atoms with Crippen molar-refractivity contribution in [3.63, 3.8) is 0 Å². The Labute approximate surface area is 127 Å². The molecule has 2 aliphatic rings. The average molecular weight is 307 g/mol. The predicted molar refractivity (Wildman–Crippen MR) is 85.1 cm³/mol. The molecule has 0 radical (unpaired) electrons. The van der Waals surface area contributed by atoms with Crippen LogP contribution < -0.4 is 10.6 Å². The Bertz CT molecular complexity index is 325. The van der Waals surface area contributed by atoms with Gasteiger partial charge in [0.15, 0.2) is 0 Å². The Kier molecular flexibility index (Phi) is 6.02. The van der Waals surface area contributed by atoms with Crippen molar-refractivity contribution in [1.29, 1.82) is 0 Å².